The second kappa shape index (κ2) is 9.66. The van der Waals surface area contributed by atoms with Crippen molar-refractivity contribution in [3.8, 4) is 11.9 Å². The van der Waals surface area contributed by atoms with Gasteiger partial charge in [0.15, 0.2) is 5.82 Å². The number of nitrogens with zero attached hydrogens (tertiary/aromatic N) is 8. The normalized spacial score (nSPS) is 11.2. The summed E-state index contributed by atoms with van der Waals surface area (Å²) in [5.41, 5.74) is 5.66. The van der Waals surface area contributed by atoms with Crippen LogP contribution >= 0.6 is 11.6 Å². The molecule has 12 nitrogen and oxygen atoms in total. The van der Waals surface area contributed by atoms with Gasteiger partial charge in [-0.1, -0.05) is 11.6 Å². The van der Waals surface area contributed by atoms with E-state index in [1.807, 2.05) is 6.07 Å². The number of carbonyl (C=O) groups is 2. The Hall–Kier alpha value is -4.84. The van der Waals surface area contributed by atoms with Crippen molar-refractivity contribution < 1.29 is 22.8 Å². The average Bonchev–Trinajstić information content (AvgIpc) is 3.47. The van der Waals surface area contributed by atoms with Crippen LogP contribution in [-0.2, 0) is 12.7 Å². The fourth-order valence-electron chi connectivity index (χ4n) is 3.42. The minimum absolute atomic E-state index is 0.0139. The Morgan fingerprint density at radius 3 is 2.68 bits per heavy atom. The molecule has 0 bridgehead atoms. The van der Waals surface area contributed by atoms with Crippen LogP contribution in [-0.4, -0.2) is 46.8 Å². The van der Waals surface area contributed by atoms with Crippen molar-refractivity contribution in [1.29, 1.82) is 5.26 Å². The van der Waals surface area contributed by atoms with E-state index in [1.54, 1.807) is 6.92 Å². The molecule has 0 saturated heterocycles. The third kappa shape index (κ3) is 5.09. The number of halogens is 4. The first-order valence-electron chi connectivity index (χ1n) is 10.2. The third-order valence-electron chi connectivity index (χ3n) is 5.00. The number of alkyl halides is 3. The molecule has 0 atom stereocenters. The summed E-state index contributed by atoms with van der Waals surface area (Å²) in [4.78, 5) is 29.5. The molecule has 0 spiro atoms. The Morgan fingerprint density at radius 2 is 2.03 bits per heavy atom. The third-order valence-corrected chi connectivity index (χ3v) is 5.29. The van der Waals surface area contributed by atoms with Crippen molar-refractivity contribution >= 4 is 29.1 Å². The Morgan fingerprint density at radius 1 is 1.27 bits per heavy atom. The number of hydrogen-bond donors (Lipinski definition) is 2. The zero-order chi connectivity index (χ0) is 26.9. The van der Waals surface area contributed by atoms with Gasteiger partial charge in [0.1, 0.15) is 5.69 Å². The van der Waals surface area contributed by atoms with Gasteiger partial charge in [0.05, 0.1) is 40.1 Å². The zero-order valence-corrected chi connectivity index (χ0v) is 19.4. The average molecular weight is 531 g/mol. The quantitative estimate of drug-likeness (QED) is 0.383. The number of tetrazole rings is 1. The number of nitriles is 1. The minimum Gasteiger partial charge on any atom is -0.366 e. The van der Waals surface area contributed by atoms with E-state index in [2.05, 4.69) is 30.9 Å². The lowest BCUT2D eigenvalue weighted by atomic mass is 10.0. The van der Waals surface area contributed by atoms with E-state index in [-0.39, 0.29) is 39.0 Å². The van der Waals surface area contributed by atoms with Gasteiger partial charge in [-0.2, -0.15) is 23.5 Å². The zero-order valence-electron chi connectivity index (χ0n) is 18.7. The molecule has 3 heterocycles. The first-order chi connectivity index (χ1) is 17.5. The maximum atomic E-state index is 13.4. The molecule has 2 amide bonds. The highest BCUT2D eigenvalue weighted by Crippen LogP contribution is 2.28. The Kier molecular flexibility index (Phi) is 6.60. The maximum absolute atomic E-state index is 13.4. The molecule has 4 rings (SSSR count). The molecule has 0 unspecified atom stereocenters. The molecular weight excluding hydrogens is 517 g/mol. The summed E-state index contributed by atoms with van der Waals surface area (Å²) in [5.74, 6) is -3.05. The lowest BCUT2D eigenvalue weighted by Gasteiger charge is -2.13. The number of amides is 2. The Balaban J connectivity index is 1.79. The molecule has 0 fully saturated rings. The SMILES string of the molecule is Cc1cc(C#N)cc(C(N)=O)c1NC(=O)c1cc(Cn2nnnc2C(F)(F)F)nn1-c1ncccc1Cl. The summed E-state index contributed by atoms with van der Waals surface area (Å²) in [7, 11) is 0. The molecule has 0 aliphatic heterocycles. The molecule has 3 aromatic heterocycles. The largest absolute Gasteiger partial charge is 0.453 e. The first kappa shape index (κ1) is 25.3. The van der Waals surface area contributed by atoms with Crippen molar-refractivity contribution in [3.63, 3.8) is 0 Å². The first-order valence-corrected chi connectivity index (χ1v) is 10.6. The van der Waals surface area contributed by atoms with Gasteiger partial charge in [-0.25, -0.2) is 14.3 Å². The topological polar surface area (TPSA) is 170 Å². The van der Waals surface area contributed by atoms with Gasteiger partial charge < -0.3 is 11.1 Å². The van der Waals surface area contributed by atoms with Crippen LogP contribution in [0.2, 0.25) is 5.02 Å². The number of nitrogens with one attached hydrogen (secondary N) is 1. The number of nitrogens with two attached hydrogens (primary N) is 1. The van der Waals surface area contributed by atoms with Crippen LogP contribution in [0, 0.1) is 18.3 Å². The summed E-state index contributed by atoms with van der Waals surface area (Å²) < 4.78 is 41.2. The van der Waals surface area contributed by atoms with E-state index < -0.39 is 30.4 Å². The number of hydrogen-bond acceptors (Lipinski definition) is 8. The van der Waals surface area contributed by atoms with Crippen LogP contribution in [0.4, 0.5) is 18.9 Å². The van der Waals surface area contributed by atoms with E-state index in [9.17, 15) is 28.0 Å². The second-order valence-corrected chi connectivity index (χ2v) is 7.95. The van der Waals surface area contributed by atoms with Gasteiger partial charge in [-0.3, -0.25) is 9.59 Å². The molecule has 0 aliphatic rings. The predicted octanol–water partition coefficient (Wildman–Crippen LogP) is 2.51. The van der Waals surface area contributed by atoms with Crippen LogP contribution in [0.15, 0.2) is 36.5 Å². The minimum atomic E-state index is -4.82. The predicted molar refractivity (Wildman–Crippen MR) is 121 cm³/mol. The van der Waals surface area contributed by atoms with Crippen molar-refractivity contribution in [2.75, 3.05) is 5.32 Å². The number of anilines is 1. The highest BCUT2D eigenvalue weighted by molar-refractivity contribution is 6.32. The number of carbonyl (C=O) groups excluding carboxylic acids is 2. The fourth-order valence-corrected chi connectivity index (χ4v) is 3.62. The molecule has 0 radical (unpaired) electrons. The highest BCUT2D eigenvalue weighted by atomic mass is 35.5. The van der Waals surface area contributed by atoms with Gasteiger partial charge in [0, 0.05) is 6.20 Å². The summed E-state index contributed by atoms with van der Waals surface area (Å²) >= 11 is 6.22. The molecule has 4 aromatic rings. The van der Waals surface area contributed by atoms with Crippen molar-refractivity contribution in [2.24, 2.45) is 5.73 Å². The monoisotopic (exact) mass is 530 g/mol. The molecule has 16 heteroatoms. The standard InChI is InChI=1S/C21H14ClF3N10O2/c1-10-5-11(8-26)6-13(17(27)36)16(10)29-19(37)15-7-12(9-34-20(21(23,24)25)30-32-33-34)31-35(15)18-14(22)3-2-4-28-18/h2-7H,9H2,1H3,(H2,27,36)(H,29,37). The van der Waals surface area contributed by atoms with Crippen LogP contribution in [0.25, 0.3) is 5.82 Å². The number of rotatable bonds is 6. The second-order valence-electron chi connectivity index (χ2n) is 7.55. The summed E-state index contributed by atoms with van der Waals surface area (Å²) in [5, 5.41) is 25.4. The molecule has 188 valence electrons. The molecule has 0 saturated carbocycles. The van der Waals surface area contributed by atoms with E-state index >= 15 is 0 Å². The van der Waals surface area contributed by atoms with Crippen LogP contribution in [0.3, 0.4) is 0 Å². The smallest absolute Gasteiger partial charge is 0.366 e. The number of primary amides is 1. The summed E-state index contributed by atoms with van der Waals surface area (Å²) in [6.45, 7) is 1.01. The Labute approximate surface area is 210 Å². The Bertz CT molecular complexity index is 1570. The van der Waals surface area contributed by atoms with Crippen LogP contribution in [0.1, 0.15) is 43.5 Å². The van der Waals surface area contributed by atoms with Crippen molar-refractivity contribution in [1.82, 2.24) is 35.0 Å². The number of pyridine rings is 1. The van der Waals surface area contributed by atoms with Crippen LogP contribution in [0.5, 0.6) is 0 Å². The van der Waals surface area contributed by atoms with Gasteiger partial charge in [0.2, 0.25) is 0 Å². The maximum Gasteiger partial charge on any atom is 0.453 e. The van der Waals surface area contributed by atoms with E-state index in [4.69, 9.17) is 17.3 Å². The molecule has 0 aliphatic carbocycles. The number of aromatic nitrogens is 7. The van der Waals surface area contributed by atoms with Crippen molar-refractivity contribution in [2.45, 2.75) is 19.6 Å². The molecular formula is C21H14ClF3N10O2. The summed E-state index contributed by atoms with van der Waals surface area (Å²) in [6, 6.07) is 8.77. The van der Waals surface area contributed by atoms with Gasteiger partial charge in [0.25, 0.3) is 17.6 Å². The van der Waals surface area contributed by atoms with Gasteiger partial charge >= 0.3 is 6.18 Å². The lowest BCUT2D eigenvalue weighted by molar-refractivity contribution is -0.147. The van der Waals surface area contributed by atoms with Gasteiger partial charge in [-0.05, 0) is 53.2 Å². The summed E-state index contributed by atoms with van der Waals surface area (Å²) in [6.07, 6.45) is -3.45. The van der Waals surface area contributed by atoms with Gasteiger partial charge in [-0.15, -0.1) is 5.10 Å². The molecule has 37 heavy (non-hydrogen) atoms. The lowest BCUT2D eigenvalue weighted by Crippen LogP contribution is -2.22. The fraction of sp³-hybridized carbons (Fsp3) is 0.143. The highest BCUT2D eigenvalue weighted by Gasteiger charge is 2.38. The molecule has 3 N–H and O–H groups in total. The van der Waals surface area contributed by atoms with E-state index in [0.29, 0.717) is 10.2 Å². The number of benzene rings is 1. The van der Waals surface area contributed by atoms with E-state index in [0.717, 1.165) is 4.68 Å². The van der Waals surface area contributed by atoms with Crippen LogP contribution < -0.4 is 11.1 Å². The number of aryl methyl sites for hydroxylation is 1. The van der Waals surface area contributed by atoms with E-state index in [1.165, 1.54) is 36.5 Å². The van der Waals surface area contributed by atoms with Crippen molar-refractivity contribution in [3.05, 3.63) is 75.5 Å². The molecule has 1 aromatic carbocycles.